The summed E-state index contributed by atoms with van der Waals surface area (Å²) in [5.74, 6) is 0.652. The predicted octanol–water partition coefficient (Wildman–Crippen LogP) is 2.29. The quantitative estimate of drug-likeness (QED) is 0.861. The highest BCUT2D eigenvalue weighted by atomic mass is 79.9. The van der Waals surface area contributed by atoms with Crippen molar-refractivity contribution in [1.29, 1.82) is 0 Å². The third kappa shape index (κ3) is 3.04. The van der Waals surface area contributed by atoms with Crippen LogP contribution in [0.1, 0.15) is 29.0 Å². The molecule has 2 rings (SSSR count). The van der Waals surface area contributed by atoms with Crippen molar-refractivity contribution in [2.75, 3.05) is 6.54 Å². The molecular weight excluding hydrogens is 268 g/mol. The van der Waals surface area contributed by atoms with Crippen LogP contribution in [0.15, 0.2) is 18.2 Å². The molecule has 0 aliphatic heterocycles. The number of pyridine rings is 1. The molecule has 0 saturated heterocycles. The van der Waals surface area contributed by atoms with Crippen molar-refractivity contribution in [3.63, 3.8) is 0 Å². The van der Waals surface area contributed by atoms with E-state index in [2.05, 4.69) is 26.2 Å². The molecule has 16 heavy (non-hydrogen) atoms. The van der Waals surface area contributed by atoms with Gasteiger partial charge in [0.25, 0.3) is 5.91 Å². The molecule has 1 aromatic rings. The highest BCUT2D eigenvalue weighted by Crippen LogP contribution is 2.36. The van der Waals surface area contributed by atoms with Crippen LogP contribution < -0.4 is 5.32 Å². The normalized spacial score (nSPS) is 16.9. The maximum atomic E-state index is 11.7. The first-order valence-corrected chi connectivity index (χ1v) is 6.44. The highest BCUT2D eigenvalue weighted by Gasteiger charge is 2.29. The minimum Gasteiger partial charge on any atom is -0.350 e. The van der Waals surface area contributed by atoms with Gasteiger partial charge in [0, 0.05) is 17.1 Å². The molecule has 3 nitrogen and oxygen atoms in total. The van der Waals surface area contributed by atoms with Gasteiger partial charge >= 0.3 is 0 Å². The second-order valence-corrected chi connectivity index (χ2v) is 5.40. The van der Waals surface area contributed by atoms with Crippen LogP contribution in [0.25, 0.3) is 0 Å². The molecule has 1 amide bonds. The number of hydrogen-bond donors (Lipinski definition) is 1. The molecule has 1 N–H and O–H groups in total. The molecule has 1 atom stereocenters. The van der Waals surface area contributed by atoms with E-state index in [1.165, 1.54) is 12.8 Å². The van der Waals surface area contributed by atoms with E-state index in [-0.39, 0.29) is 5.91 Å². The molecular formula is C12H15BrN2O. The number of aryl methyl sites for hydroxylation is 1. The number of halogens is 1. The molecule has 0 bridgehead atoms. The lowest BCUT2D eigenvalue weighted by molar-refractivity contribution is 0.0948. The molecule has 1 aromatic heterocycles. The zero-order valence-corrected chi connectivity index (χ0v) is 10.8. The average molecular weight is 283 g/mol. The third-order valence-corrected chi connectivity index (χ3v) is 3.78. The second kappa shape index (κ2) is 4.95. The van der Waals surface area contributed by atoms with Crippen LogP contribution >= 0.6 is 15.9 Å². The van der Waals surface area contributed by atoms with Gasteiger partial charge in [-0.1, -0.05) is 22.0 Å². The van der Waals surface area contributed by atoms with Gasteiger partial charge in [-0.2, -0.15) is 0 Å². The molecule has 1 aliphatic rings. The van der Waals surface area contributed by atoms with Gasteiger partial charge in [-0.15, -0.1) is 0 Å². The van der Waals surface area contributed by atoms with E-state index in [0.29, 0.717) is 17.1 Å². The van der Waals surface area contributed by atoms with Gasteiger partial charge in [0.2, 0.25) is 0 Å². The Morgan fingerprint density at radius 2 is 2.38 bits per heavy atom. The molecule has 1 unspecified atom stereocenters. The molecule has 4 heteroatoms. The summed E-state index contributed by atoms with van der Waals surface area (Å²) >= 11 is 3.59. The van der Waals surface area contributed by atoms with Crippen LogP contribution in [0.4, 0.5) is 0 Å². The minimum absolute atomic E-state index is 0.0891. The van der Waals surface area contributed by atoms with Crippen molar-refractivity contribution in [2.24, 2.45) is 5.92 Å². The van der Waals surface area contributed by atoms with Crippen molar-refractivity contribution >= 4 is 21.8 Å². The monoisotopic (exact) mass is 282 g/mol. The van der Waals surface area contributed by atoms with Gasteiger partial charge in [0.1, 0.15) is 5.69 Å². The number of carbonyl (C=O) groups is 1. The summed E-state index contributed by atoms with van der Waals surface area (Å²) in [5.41, 5.74) is 1.36. The Morgan fingerprint density at radius 3 is 3.00 bits per heavy atom. The van der Waals surface area contributed by atoms with Crippen molar-refractivity contribution < 1.29 is 4.79 Å². The lowest BCUT2D eigenvalue weighted by Gasteiger charge is -2.09. The Morgan fingerprint density at radius 1 is 1.62 bits per heavy atom. The van der Waals surface area contributed by atoms with E-state index in [1.807, 2.05) is 19.1 Å². The van der Waals surface area contributed by atoms with E-state index in [1.54, 1.807) is 6.07 Å². The molecule has 1 aliphatic carbocycles. The molecule has 86 valence electrons. The first kappa shape index (κ1) is 11.6. The number of rotatable bonds is 4. The van der Waals surface area contributed by atoms with E-state index < -0.39 is 0 Å². The number of alkyl halides is 1. The maximum absolute atomic E-state index is 11.7. The first-order valence-electron chi connectivity index (χ1n) is 5.53. The Balaban J connectivity index is 1.87. The number of nitrogens with one attached hydrogen (secondary N) is 1. The van der Waals surface area contributed by atoms with Gasteiger partial charge in [-0.25, -0.2) is 4.98 Å². The molecule has 0 radical (unpaired) electrons. The molecule has 0 aromatic carbocycles. The summed E-state index contributed by atoms with van der Waals surface area (Å²) in [4.78, 5) is 16.3. The summed E-state index contributed by atoms with van der Waals surface area (Å²) in [5, 5.41) is 2.90. The highest BCUT2D eigenvalue weighted by molar-refractivity contribution is 9.09. The fourth-order valence-corrected chi connectivity index (χ4v) is 2.27. The summed E-state index contributed by atoms with van der Waals surface area (Å²) in [6.07, 6.45) is 2.54. The average Bonchev–Trinajstić information content (AvgIpc) is 3.09. The topological polar surface area (TPSA) is 42.0 Å². The molecule has 1 fully saturated rings. The zero-order chi connectivity index (χ0) is 11.5. The maximum Gasteiger partial charge on any atom is 0.269 e. The fraction of sp³-hybridized carbons (Fsp3) is 0.500. The van der Waals surface area contributed by atoms with E-state index in [4.69, 9.17) is 0 Å². The lowest BCUT2D eigenvalue weighted by atomic mass is 10.2. The van der Waals surface area contributed by atoms with Crippen LogP contribution in [-0.2, 0) is 0 Å². The van der Waals surface area contributed by atoms with Gasteiger partial charge in [-0.05, 0) is 37.8 Å². The second-order valence-electron chi connectivity index (χ2n) is 4.23. The number of nitrogens with zero attached hydrogens (tertiary/aromatic N) is 1. The van der Waals surface area contributed by atoms with E-state index in [0.717, 1.165) is 11.6 Å². The number of carbonyl (C=O) groups excluding carboxylic acids is 1. The van der Waals surface area contributed by atoms with Crippen molar-refractivity contribution in [3.05, 3.63) is 29.6 Å². The van der Waals surface area contributed by atoms with Gasteiger partial charge < -0.3 is 5.32 Å². The molecule has 1 heterocycles. The van der Waals surface area contributed by atoms with Crippen molar-refractivity contribution in [2.45, 2.75) is 24.6 Å². The number of amides is 1. The zero-order valence-electron chi connectivity index (χ0n) is 9.24. The lowest BCUT2D eigenvalue weighted by Crippen LogP contribution is -2.31. The van der Waals surface area contributed by atoms with Gasteiger partial charge in [0.05, 0.1) is 0 Å². The summed E-state index contributed by atoms with van der Waals surface area (Å²) in [7, 11) is 0. The fourth-order valence-electron chi connectivity index (χ4n) is 1.57. The predicted molar refractivity (Wildman–Crippen MR) is 66.7 cm³/mol. The van der Waals surface area contributed by atoms with E-state index in [9.17, 15) is 4.79 Å². The summed E-state index contributed by atoms with van der Waals surface area (Å²) < 4.78 is 0. The first-order chi connectivity index (χ1) is 7.66. The van der Waals surface area contributed by atoms with Gasteiger partial charge in [0.15, 0.2) is 0 Å². The standard InChI is InChI=1S/C12H15BrN2O/c1-8-3-2-4-11(15-8)12(16)14-7-10(13)9-5-6-9/h2-4,9-10H,5-7H2,1H3,(H,14,16). The Labute approximate surface area is 104 Å². The van der Waals surface area contributed by atoms with Crippen LogP contribution in [0.3, 0.4) is 0 Å². The van der Waals surface area contributed by atoms with Crippen molar-refractivity contribution in [1.82, 2.24) is 10.3 Å². The molecule has 1 saturated carbocycles. The Bertz CT molecular complexity index is 390. The number of aromatic nitrogens is 1. The largest absolute Gasteiger partial charge is 0.350 e. The van der Waals surface area contributed by atoms with Gasteiger partial charge in [-0.3, -0.25) is 4.79 Å². The van der Waals surface area contributed by atoms with Crippen LogP contribution in [0, 0.1) is 12.8 Å². The van der Waals surface area contributed by atoms with Crippen LogP contribution in [-0.4, -0.2) is 22.3 Å². The minimum atomic E-state index is -0.0891. The van der Waals surface area contributed by atoms with E-state index >= 15 is 0 Å². The number of hydrogen-bond acceptors (Lipinski definition) is 2. The van der Waals surface area contributed by atoms with Crippen LogP contribution in [0.2, 0.25) is 0 Å². The van der Waals surface area contributed by atoms with Crippen molar-refractivity contribution in [3.8, 4) is 0 Å². The van der Waals surface area contributed by atoms with Crippen LogP contribution in [0.5, 0.6) is 0 Å². The molecule has 0 spiro atoms. The Hall–Kier alpha value is -0.900. The summed E-state index contributed by atoms with van der Waals surface area (Å²) in [6, 6.07) is 5.47. The SMILES string of the molecule is Cc1cccc(C(=O)NCC(Br)C2CC2)n1. The third-order valence-electron chi connectivity index (χ3n) is 2.71. The summed E-state index contributed by atoms with van der Waals surface area (Å²) in [6.45, 7) is 2.56. The Kier molecular flexibility index (Phi) is 3.59. The smallest absolute Gasteiger partial charge is 0.269 e.